The van der Waals surface area contributed by atoms with Gasteiger partial charge in [0.15, 0.2) is 0 Å². The average Bonchev–Trinajstić information content (AvgIpc) is 2.74. The number of nitrogens with zero attached hydrogens (tertiary/aromatic N) is 2. The van der Waals surface area contributed by atoms with Crippen LogP contribution in [0.3, 0.4) is 0 Å². The van der Waals surface area contributed by atoms with Crippen LogP contribution in [0.15, 0.2) is 10.7 Å². The summed E-state index contributed by atoms with van der Waals surface area (Å²) in [5, 5.41) is 14.4. The third-order valence-corrected chi connectivity index (χ3v) is 3.89. The zero-order valence-corrected chi connectivity index (χ0v) is 13.1. The van der Waals surface area contributed by atoms with E-state index in [4.69, 9.17) is 0 Å². The van der Waals surface area contributed by atoms with Gasteiger partial charge in [-0.25, -0.2) is 0 Å². The van der Waals surface area contributed by atoms with Gasteiger partial charge in [0.1, 0.15) is 0 Å². The van der Waals surface area contributed by atoms with Crippen LogP contribution >= 0.6 is 15.9 Å². The molecule has 0 spiro atoms. The van der Waals surface area contributed by atoms with Gasteiger partial charge in [-0.15, -0.1) is 0 Å². The second-order valence-corrected chi connectivity index (χ2v) is 5.62. The van der Waals surface area contributed by atoms with Crippen LogP contribution in [0.5, 0.6) is 0 Å². The Morgan fingerprint density at radius 3 is 2.56 bits per heavy atom. The molecule has 4 heteroatoms. The predicted molar refractivity (Wildman–Crippen MR) is 78.6 cm³/mol. The number of aryl methyl sites for hydroxylation is 1. The third-order valence-electron chi connectivity index (χ3n) is 3.28. The first kappa shape index (κ1) is 15.7. The van der Waals surface area contributed by atoms with Gasteiger partial charge in [0, 0.05) is 6.54 Å². The van der Waals surface area contributed by atoms with Crippen molar-refractivity contribution in [3.05, 3.63) is 16.4 Å². The van der Waals surface area contributed by atoms with E-state index >= 15 is 0 Å². The van der Waals surface area contributed by atoms with E-state index in [0.29, 0.717) is 0 Å². The first-order valence-electron chi connectivity index (χ1n) is 7.10. The van der Waals surface area contributed by atoms with Gasteiger partial charge >= 0.3 is 0 Å². The van der Waals surface area contributed by atoms with E-state index in [1.807, 2.05) is 11.6 Å². The van der Waals surface area contributed by atoms with Crippen molar-refractivity contribution in [3.8, 4) is 0 Å². The van der Waals surface area contributed by atoms with E-state index < -0.39 is 6.10 Å². The largest absolute Gasteiger partial charge is 0.387 e. The van der Waals surface area contributed by atoms with Crippen molar-refractivity contribution in [1.82, 2.24) is 9.78 Å². The Morgan fingerprint density at radius 2 is 1.89 bits per heavy atom. The molecule has 3 nitrogen and oxygen atoms in total. The Bertz CT molecular complexity index is 339. The fourth-order valence-corrected chi connectivity index (χ4v) is 2.77. The van der Waals surface area contributed by atoms with Crippen molar-refractivity contribution >= 4 is 15.9 Å². The number of aliphatic hydroxyl groups is 1. The molecule has 1 rings (SSSR count). The van der Waals surface area contributed by atoms with E-state index in [1.165, 1.54) is 32.1 Å². The van der Waals surface area contributed by atoms with Gasteiger partial charge in [-0.1, -0.05) is 45.4 Å². The maximum Gasteiger partial charge on any atom is 0.0968 e. The maximum absolute atomic E-state index is 10.2. The third kappa shape index (κ3) is 4.73. The standard InChI is InChI=1S/C14H25BrN2O/c1-3-5-6-7-8-9-10-13(18)14-12(15)11-16-17(14)4-2/h11,13,18H,3-10H2,1-2H3. The van der Waals surface area contributed by atoms with E-state index in [1.54, 1.807) is 6.20 Å². The predicted octanol–water partition coefficient (Wildman–Crippen LogP) is 4.45. The molecular weight excluding hydrogens is 292 g/mol. The minimum Gasteiger partial charge on any atom is -0.387 e. The van der Waals surface area contributed by atoms with E-state index in [0.717, 1.165) is 29.6 Å². The fourth-order valence-electron chi connectivity index (χ4n) is 2.21. The number of aliphatic hydroxyl groups excluding tert-OH is 1. The number of unbranched alkanes of at least 4 members (excludes halogenated alkanes) is 5. The minimum atomic E-state index is -0.395. The molecule has 1 atom stereocenters. The van der Waals surface area contributed by atoms with Crippen LogP contribution in [-0.2, 0) is 6.54 Å². The summed E-state index contributed by atoms with van der Waals surface area (Å²) in [5.74, 6) is 0. The molecule has 1 aromatic heterocycles. The van der Waals surface area contributed by atoms with E-state index in [9.17, 15) is 5.11 Å². The Balaban J connectivity index is 2.31. The summed E-state index contributed by atoms with van der Waals surface area (Å²) in [6, 6.07) is 0. The van der Waals surface area contributed by atoms with Crippen LogP contribution in [0.25, 0.3) is 0 Å². The number of hydrogen-bond acceptors (Lipinski definition) is 2. The highest BCUT2D eigenvalue weighted by atomic mass is 79.9. The number of rotatable bonds is 9. The highest BCUT2D eigenvalue weighted by Crippen LogP contribution is 2.27. The lowest BCUT2D eigenvalue weighted by atomic mass is 10.1. The quantitative estimate of drug-likeness (QED) is 0.683. The molecule has 0 fully saturated rings. The lowest BCUT2D eigenvalue weighted by Gasteiger charge is -2.13. The van der Waals surface area contributed by atoms with Crippen molar-refractivity contribution in [1.29, 1.82) is 0 Å². The first-order chi connectivity index (χ1) is 8.70. The molecular formula is C14H25BrN2O. The maximum atomic E-state index is 10.2. The molecule has 0 radical (unpaired) electrons. The Morgan fingerprint density at radius 1 is 1.22 bits per heavy atom. The lowest BCUT2D eigenvalue weighted by molar-refractivity contribution is 0.152. The summed E-state index contributed by atoms with van der Waals surface area (Å²) >= 11 is 3.46. The average molecular weight is 317 g/mol. The topological polar surface area (TPSA) is 38.1 Å². The molecule has 0 aliphatic rings. The lowest BCUT2D eigenvalue weighted by Crippen LogP contribution is -2.08. The molecule has 0 saturated heterocycles. The smallest absolute Gasteiger partial charge is 0.0968 e. The molecule has 0 bridgehead atoms. The van der Waals surface area contributed by atoms with E-state index in [-0.39, 0.29) is 0 Å². The fraction of sp³-hybridized carbons (Fsp3) is 0.786. The highest BCUT2D eigenvalue weighted by molar-refractivity contribution is 9.10. The molecule has 0 aromatic carbocycles. The summed E-state index contributed by atoms with van der Waals surface area (Å²) in [4.78, 5) is 0. The monoisotopic (exact) mass is 316 g/mol. The van der Waals surface area contributed by atoms with Gasteiger partial charge in [-0.3, -0.25) is 4.68 Å². The molecule has 104 valence electrons. The van der Waals surface area contributed by atoms with Crippen LogP contribution in [0.2, 0.25) is 0 Å². The van der Waals surface area contributed by atoms with Crippen LogP contribution in [0.4, 0.5) is 0 Å². The number of aromatic nitrogens is 2. The van der Waals surface area contributed by atoms with Crippen LogP contribution in [0.1, 0.15) is 70.6 Å². The SMILES string of the molecule is CCCCCCCCC(O)c1c(Br)cnn1CC. The molecule has 1 N–H and O–H groups in total. The zero-order chi connectivity index (χ0) is 13.4. The summed E-state index contributed by atoms with van der Waals surface area (Å²) in [6.07, 6.45) is 9.73. The first-order valence-corrected chi connectivity index (χ1v) is 7.89. The van der Waals surface area contributed by atoms with Crippen LogP contribution in [0, 0.1) is 0 Å². The van der Waals surface area contributed by atoms with Crippen molar-refractivity contribution in [2.24, 2.45) is 0 Å². The summed E-state index contributed by atoms with van der Waals surface area (Å²) in [6.45, 7) is 5.07. The Hall–Kier alpha value is -0.350. The van der Waals surface area contributed by atoms with Gasteiger partial charge in [-0.05, 0) is 29.3 Å². The minimum absolute atomic E-state index is 0.395. The molecule has 0 saturated carbocycles. The van der Waals surface area contributed by atoms with Crippen LogP contribution < -0.4 is 0 Å². The van der Waals surface area contributed by atoms with Crippen molar-refractivity contribution in [3.63, 3.8) is 0 Å². The van der Waals surface area contributed by atoms with Gasteiger partial charge in [0.2, 0.25) is 0 Å². The summed E-state index contributed by atoms with van der Waals surface area (Å²) in [7, 11) is 0. The molecule has 1 unspecified atom stereocenters. The van der Waals surface area contributed by atoms with Gasteiger partial charge < -0.3 is 5.11 Å². The number of halogens is 1. The second kappa shape index (κ2) is 8.70. The summed E-state index contributed by atoms with van der Waals surface area (Å²) in [5.41, 5.74) is 0.922. The van der Waals surface area contributed by atoms with Crippen molar-refractivity contribution < 1.29 is 5.11 Å². The summed E-state index contributed by atoms with van der Waals surface area (Å²) < 4.78 is 2.79. The van der Waals surface area contributed by atoms with Gasteiger partial charge in [0.05, 0.1) is 22.5 Å². The van der Waals surface area contributed by atoms with Gasteiger partial charge in [-0.2, -0.15) is 5.10 Å². The van der Waals surface area contributed by atoms with Gasteiger partial charge in [0.25, 0.3) is 0 Å². The zero-order valence-electron chi connectivity index (χ0n) is 11.5. The Kier molecular flexibility index (Phi) is 7.59. The molecule has 0 aliphatic heterocycles. The molecule has 18 heavy (non-hydrogen) atoms. The van der Waals surface area contributed by atoms with Crippen LogP contribution in [-0.4, -0.2) is 14.9 Å². The van der Waals surface area contributed by atoms with E-state index in [2.05, 4.69) is 28.0 Å². The molecule has 0 aliphatic carbocycles. The normalized spacial score (nSPS) is 12.9. The molecule has 1 heterocycles. The van der Waals surface area contributed by atoms with Crippen molar-refractivity contribution in [2.45, 2.75) is 71.4 Å². The second-order valence-electron chi connectivity index (χ2n) is 4.77. The molecule has 1 aromatic rings. The van der Waals surface area contributed by atoms with Crippen molar-refractivity contribution in [2.75, 3.05) is 0 Å². The Labute approximate surface area is 119 Å². The number of hydrogen-bond donors (Lipinski definition) is 1. The molecule has 0 amide bonds. The highest BCUT2D eigenvalue weighted by Gasteiger charge is 2.16.